The van der Waals surface area contributed by atoms with E-state index in [1.165, 1.54) is 0 Å². The first-order valence-electron chi connectivity index (χ1n) is 7.82. The van der Waals surface area contributed by atoms with Crippen LogP contribution in [0.4, 0.5) is 11.8 Å². The van der Waals surface area contributed by atoms with Crippen LogP contribution in [0.25, 0.3) is 0 Å². The smallest absolute Gasteiger partial charge is 0.227 e. The van der Waals surface area contributed by atoms with Crippen LogP contribution in [0.15, 0.2) is 6.07 Å². The first-order valence-corrected chi connectivity index (χ1v) is 7.82. The Bertz CT molecular complexity index is 496. The molecule has 22 heavy (non-hydrogen) atoms. The van der Waals surface area contributed by atoms with E-state index in [0.29, 0.717) is 19.8 Å². The highest BCUT2D eigenvalue weighted by molar-refractivity contribution is 5.44. The van der Waals surface area contributed by atoms with Crippen LogP contribution in [-0.2, 0) is 14.2 Å². The van der Waals surface area contributed by atoms with E-state index in [1.54, 1.807) is 7.11 Å². The third-order valence-corrected chi connectivity index (χ3v) is 4.08. The summed E-state index contributed by atoms with van der Waals surface area (Å²) in [5, 5.41) is 3.26. The van der Waals surface area contributed by atoms with Gasteiger partial charge in [-0.15, -0.1) is 0 Å². The molecular formula is C15H24N4O3. The van der Waals surface area contributed by atoms with E-state index >= 15 is 0 Å². The molecule has 2 aliphatic heterocycles. The van der Waals surface area contributed by atoms with Crippen molar-refractivity contribution >= 4 is 11.8 Å². The van der Waals surface area contributed by atoms with Crippen LogP contribution in [0, 0.1) is 6.92 Å². The van der Waals surface area contributed by atoms with Gasteiger partial charge in [0.1, 0.15) is 5.82 Å². The summed E-state index contributed by atoms with van der Waals surface area (Å²) in [6.45, 7) is 6.47. The molecule has 7 nitrogen and oxygen atoms in total. The highest BCUT2D eigenvalue weighted by atomic mass is 16.7. The van der Waals surface area contributed by atoms with Crippen LogP contribution in [0.2, 0.25) is 0 Å². The molecule has 122 valence electrons. The van der Waals surface area contributed by atoms with Crippen molar-refractivity contribution in [2.45, 2.75) is 25.6 Å². The van der Waals surface area contributed by atoms with Crippen LogP contribution < -0.4 is 10.2 Å². The first kappa shape index (κ1) is 15.5. The number of piperidine rings is 1. The van der Waals surface area contributed by atoms with Crippen molar-refractivity contribution in [1.29, 1.82) is 0 Å². The van der Waals surface area contributed by atoms with Crippen molar-refractivity contribution in [3.8, 4) is 0 Å². The van der Waals surface area contributed by atoms with E-state index in [2.05, 4.69) is 20.2 Å². The summed E-state index contributed by atoms with van der Waals surface area (Å²) in [6.07, 6.45) is 1.72. The zero-order chi connectivity index (χ0) is 15.4. The number of methoxy groups -OCH3 is 1. The molecule has 1 spiro atoms. The lowest BCUT2D eigenvalue weighted by Gasteiger charge is -2.37. The van der Waals surface area contributed by atoms with Gasteiger partial charge in [-0.2, -0.15) is 4.98 Å². The summed E-state index contributed by atoms with van der Waals surface area (Å²) >= 11 is 0. The van der Waals surface area contributed by atoms with E-state index in [9.17, 15) is 0 Å². The van der Waals surface area contributed by atoms with Crippen LogP contribution in [0.3, 0.4) is 0 Å². The van der Waals surface area contributed by atoms with Gasteiger partial charge in [-0.1, -0.05) is 0 Å². The van der Waals surface area contributed by atoms with Gasteiger partial charge in [-0.05, 0) is 6.92 Å². The maximum Gasteiger partial charge on any atom is 0.227 e. The number of rotatable bonds is 5. The van der Waals surface area contributed by atoms with Crippen molar-refractivity contribution in [1.82, 2.24) is 9.97 Å². The minimum Gasteiger partial charge on any atom is -0.383 e. The largest absolute Gasteiger partial charge is 0.383 e. The van der Waals surface area contributed by atoms with Crippen LogP contribution in [-0.4, -0.2) is 62.3 Å². The molecule has 1 aromatic heterocycles. The van der Waals surface area contributed by atoms with Gasteiger partial charge in [0.25, 0.3) is 0 Å². The third kappa shape index (κ3) is 3.48. The van der Waals surface area contributed by atoms with Crippen LogP contribution >= 0.6 is 0 Å². The Balaban J connectivity index is 1.64. The molecule has 0 amide bonds. The molecule has 1 N–H and O–H groups in total. The molecule has 0 atom stereocenters. The Labute approximate surface area is 131 Å². The number of aromatic nitrogens is 2. The lowest BCUT2D eigenvalue weighted by Crippen LogP contribution is -2.45. The van der Waals surface area contributed by atoms with E-state index in [0.717, 1.165) is 49.9 Å². The average Bonchev–Trinajstić information content (AvgIpc) is 2.96. The molecule has 0 radical (unpaired) electrons. The fourth-order valence-corrected chi connectivity index (χ4v) is 2.90. The highest BCUT2D eigenvalue weighted by Gasteiger charge is 2.40. The van der Waals surface area contributed by atoms with Gasteiger partial charge in [0, 0.05) is 51.3 Å². The predicted molar refractivity (Wildman–Crippen MR) is 83.2 cm³/mol. The van der Waals surface area contributed by atoms with Gasteiger partial charge in [0.05, 0.1) is 19.8 Å². The highest BCUT2D eigenvalue weighted by Crippen LogP contribution is 2.32. The van der Waals surface area contributed by atoms with Crippen molar-refractivity contribution in [3.05, 3.63) is 11.8 Å². The molecule has 3 rings (SSSR count). The van der Waals surface area contributed by atoms with Crippen molar-refractivity contribution in [2.24, 2.45) is 0 Å². The van der Waals surface area contributed by atoms with Gasteiger partial charge in [0.15, 0.2) is 5.79 Å². The summed E-state index contributed by atoms with van der Waals surface area (Å²) in [5.41, 5.74) is 0.957. The maximum absolute atomic E-state index is 5.76. The average molecular weight is 308 g/mol. The van der Waals surface area contributed by atoms with Gasteiger partial charge >= 0.3 is 0 Å². The lowest BCUT2D eigenvalue weighted by atomic mass is 10.0. The van der Waals surface area contributed by atoms with Crippen LogP contribution in [0.1, 0.15) is 18.5 Å². The minimum atomic E-state index is -0.361. The summed E-state index contributed by atoms with van der Waals surface area (Å²) in [7, 11) is 1.69. The number of anilines is 2. The zero-order valence-corrected chi connectivity index (χ0v) is 13.3. The number of hydrogen-bond acceptors (Lipinski definition) is 7. The second-order valence-corrected chi connectivity index (χ2v) is 5.71. The summed E-state index contributed by atoms with van der Waals surface area (Å²) in [5.74, 6) is 1.25. The number of nitrogens with one attached hydrogen (secondary N) is 1. The second-order valence-electron chi connectivity index (χ2n) is 5.71. The monoisotopic (exact) mass is 308 g/mol. The van der Waals surface area contributed by atoms with Gasteiger partial charge in [0.2, 0.25) is 5.95 Å². The number of nitrogens with zero attached hydrogens (tertiary/aromatic N) is 3. The van der Waals surface area contributed by atoms with Crippen molar-refractivity contribution in [2.75, 3.05) is 56.8 Å². The van der Waals surface area contributed by atoms with E-state index in [-0.39, 0.29) is 5.79 Å². The fourth-order valence-electron chi connectivity index (χ4n) is 2.90. The Morgan fingerprint density at radius 3 is 2.68 bits per heavy atom. The number of ether oxygens (including phenoxy) is 3. The molecule has 0 aromatic carbocycles. The molecular weight excluding hydrogens is 284 g/mol. The Hall–Kier alpha value is -1.44. The van der Waals surface area contributed by atoms with Crippen molar-refractivity contribution in [3.63, 3.8) is 0 Å². The molecule has 0 saturated carbocycles. The zero-order valence-electron chi connectivity index (χ0n) is 13.3. The van der Waals surface area contributed by atoms with E-state index < -0.39 is 0 Å². The quantitative estimate of drug-likeness (QED) is 0.819. The fraction of sp³-hybridized carbons (Fsp3) is 0.733. The number of aryl methyl sites for hydroxylation is 1. The van der Waals surface area contributed by atoms with Gasteiger partial charge < -0.3 is 24.4 Å². The van der Waals surface area contributed by atoms with Gasteiger partial charge in [-0.3, -0.25) is 0 Å². The maximum atomic E-state index is 5.76. The summed E-state index contributed by atoms with van der Waals surface area (Å²) in [4.78, 5) is 11.4. The minimum absolute atomic E-state index is 0.361. The molecule has 0 bridgehead atoms. The molecule has 1 aromatic rings. The summed E-state index contributed by atoms with van der Waals surface area (Å²) < 4.78 is 16.6. The lowest BCUT2D eigenvalue weighted by molar-refractivity contribution is -0.169. The first-order chi connectivity index (χ1) is 10.7. The van der Waals surface area contributed by atoms with Crippen molar-refractivity contribution < 1.29 is 14.2 Å². The Morgan fingerprint density at radius 2 is 2.00 bits per heavy atom. The summed E-state index contributed by atoms with van der Waals surface area (Å²) in [6, 6.07) is 1.95. The van der Waals surface area contributed by atoms with E-state index in [1.807, 2.05) is 13.0 Å². The molecule has 0 unspecified atom stereocenters. The molecule has 7 heteroatoms. The molecule has 2 saturated heterocycles. The predicted octanol–water partition coefficient (Wildman–Crippen LogP) is 1.19. The second kappa shape index (κ2) is 6.76. The molecule has 3 heterocycles. The Morgan fingerprint density at radius 1 is 1.27 bits per heavy atom. The molecule has 0 aliphatic carbocycles. The third-order valence-electron chi connectivity index (χ3n) is 4.08. The number of hydrogen-bond donors (Lipinski definition) is 1. The van der Waals surface area contributed by atoms with Crippen LogP contribution in [0.5, 0.6) is 0 Å². The standard InChI is InChI=1S/C15H24N4O3/c1-12-11-13(16-5-8-20-2)18-14(17-12)19-6-3-15(4-7-19)21-9-10-22-15/h11H,3-10H2,1-2H3,(H,16,17,18). The molecule has 2 fully saturated rings. The Kier molecular flexibility index (Phi) is 4.75. The normalized spacial score (nSPS) is 20.5. The van der Waals surface area contributed by atoms with Gasteiger partial charge in [-0.25, -0.2) is 4.98 Å². The topological polar surface area (TPSA) is 68.7 Å². The van der Waals surface area contributed by atoms with E-state index in [4.69, 9.17) is 14.2 Å². The molecule has 2 aliphatic rings. The SMILES string of the molecule is COCCNc1cc(C)nc(N2CCC3(CC2)OCCO3)n1.